The van der Waals surface area contributed by atoms with Crippen LogP contribution in [0.2, 0.25) is 5.02 Å². The fourth-order valence-electron chi connectivity index (χ4n) is 0.742. The van der Waals surface area contributed by atoms with Crippen LogP contribution in [0.25, 0.3) is 0 Å². The molecule has 0 saturated carbocycles. The van der Waals surface area contributed by atoms with Crippen molar-refractivity contribution in [3.05, 3.63) is 21.3 Å². The molecule has 0 radical (unpaired) electrons. The molecule has 1 rings (SSSR count). The highest BCUT2D eigenvalue weighted by molar-refractivity contribution is 7.12. The van der Waals surface area contributed by atoms with Gasteiger partial charge in [0.05, 0.1) is 16.3 Å². The number of ketones is 1. The summed E-state index contributed by atoms with van der Waals surface area (Å²) in [6.45, 7) is 1.71. The van der Waals surface area contributed by atoms with Gasteiger partial charge in [0.15, 0.2) is 5.78 Å². The summed E-state index contributed by atoms with van der Waals surface area (Å²) in [6.07, 6.45) is 0.261. The van der Waals surface area contributed by atoms with E-state index in [0.717, 1.165) is 0 Å². The van der Waals surface area contributed by atoms with E-state index in [1.165, 1.54) is 11.3 Å². The van der Waals surface area contributed by atoms with E-state index in [1.807, 2.05) is 0 Å². The SMILES string of the molecule is CC#CCC(=O)c1sccc1Cl. The molecule has 0 aliphatic heterocycles. The predicted molar refractivity (Wildman–Crippen MR) is 51.7 cm³/mol. The van der Waals surface area contributed by atoms with E-state index >= 15 is 0 Å². The standard InChI is InChI=1S/C9H7ClOS/c1-2-3-4-8(11)9-7(10)5-6-12-9/h5-6H,4H2,1H3. The summed E-state index contributed by atoms with van der Waals surface area (Å²) in [5, 5.41) is 2.33. The molecule has 0 aliphatic carbocycles. The Morgan fingerprint density at radius 2 is 2.50 bits per heavy atom. The molecule has 0 N–H and O–H groups in total. The number of thiophene rings is 1. The first-order chi connectivity index (χ1) is 5.75. The van der Waals surface area contributed by atoms with Gasteiger partial charge in [0, 0.05) is 0 Å². The van der Waals surface area contributed by atoms with E-state index in [1.54, 1.807) is 18.4 Å². The molecule has 1 aromatic rings. The quantitative estimate of drug-likeness (QED) is 0.528. The van der Waals surface area contributed by atoms with Crippen LogP contribution in [0.5, 0.6) is 0 Å². The third-order valence-electron chi connectivity index (χ3n) is 1.30. The van der Waals surface area contributed by atoms with Crippen molar-refractivity contribution in [1.82, 2.24) is 0 Å². The lowest BCUT2D eigenvalue weighted by molar-refractivity contribution is 0.100. The zero-order valence-corrected chi connectivity index (χ0v) is 8.13. The molecule has 1 heterocycles. The number of hydrogen-bond donors (Lipinski definition) is 0. The first-order valence-electron chi connectivity index (χ1n) is 3.41. The van der Waals surface area contributed by atoms with Crippen LogP contribution in [0.1, 0.15) is 23.0 Å². The number of carbonyl (C=O) groups is 1. The summed E-state index contributed by atoms with van der Waals surface area (Å²) in [4.78, 5) is 11.9. The smallest absolute Gasteiger partial charge is 0.186 e. The topological polar surface area (TPSA) is 17.1 Å². The summed E-state index contributed by atoms with van der Waals surface area (Å²) in [7, 11) is 0. The third kappa shape index (κ3) is 2.10. The Morgan fingerprint density at radius 3 is 3.00 bits per heavy atom. The largest absolute Gasteiger partial charge is 0.292 e. The number of halogens is 1. The minimum atomic E-state index is 0.00403. The molecule has 0 amide bonds. The third-order valence-corrected chi connectivity index (χ3v) is 2.68. The van der Waals surface area contributed by atoms with Crippen LogP contribution in [-0.2, 0) is 0 Å². The van der Waals surface area contributed by atoms with Gasteiger partial charge in [-0.15, -0.1) is 17.3 Å². The summed E-state index contributed by atoms with van der Waals surface area (Å²) < 4.78 is 0. The van der Waals surface area contributed by atoms with Gasteiger partial charge in [-0.3, -0.25) is 4.79 Å². The maximum atomic E-state index is 11.3. The lowest BCUT2D eigenvalue weighted by Crippen LogP contribution is -1.93. The number of Topliss-reactive ketones (excluding diaryl/α,β-unsaturated/α-hetero) is 1. The monoisotopic (exact) mass is 198 g/mol. The molecule has 12 heavy (non-hydrogen) atoms. The molecule has 0 aromatic carbocycles. The van der Waals surface area contributed by atoms with Crippen molar-refractivity contribution in [3.8, 4) is 11.8 Å². The molecule has 0 aliphatic rings. The Kier molecular flexibility index (Phi) is 3.33. The van der Waals surface area contributed by atoms with E-state index in [0.29, 0.717) is 9.90 Å². The van der Waals surface area contributed by atoms with Crippen molar-refractivity contribution in [3.63, 3.8) is 0 Å². The van der Waals surface area contributed by atoms with Crippen molar-refractivity contribution < 1.29 is 4.79 Å². The van der Waals surface area contributed by atoms with E-state index in [2.05, 4.69) is 11.8 Å². The van der Waals surface area contributed by atoms with Gasteiger partial charge in [-0.25, -0.2) is 0 Å². The van der Waals surface area contributed by atoms with Crippen LogP contribution < -0.4 is 0 Å². The maximum absolute atomic E-state index is 11.3. The Hall–Kier alpha value is -0.780. The van der Waals surface area contributed by atoms with Crippen molar-refractivity contribution >= 4 is 28.7 Å². The van der Waals surface area contributed by atoms with Crippen LogP contribution >= 0.6 is 22.9 Å². The Labute approximate surface area is 80.4 Å². The second kappa shape index (κ2) is 4.30. The minimum absolute atomic E-state index is 0.00403. The molecule has 62 valence electrons. The zero-order valence-electron chi connectivity index (χ0n) is 6.56. The van der Waals surface area contributed by atoms with Crippen molar-refractivity contribution in [2.75, 3.05) is 0 Å². The zero-order chi connectivity index (χ0) is 8.97. The molecule has 1 nitrogen and oxygen atoms in total. The minimum Gasteiger partial charge on any atom is -0.292 e. The molecule has 0 atom stereocenters. The van der Waals surface area contributed by atoms with Gasteiger partial charge in [0.25, 0.3) is 0 Å². The summed E-state index contributed by atoms with van der Waals surface area (Å²) in [5.74, 6) is 5.39. The molecular weight excluding hydrogens is 192 g/mol. The highest BCUT2D eigenvalue weighted by Gasteiger charge is 2.09. The first-order valence-corrected chi connectivity index (χ1v) is 4.67. The van der Waals surface area contributed by atoms with Crippen LogP contribution in [0.4, 0.5) is 0 Å². The summed E-state index contributed by atoms with van der Waals surface area (Å²) >= 11 is 7.11. The van der Waals surface area contributed by atoms with Gasteiger partial charge in [0.2, 0.25) is 0 Å². The van der Waals surface area contributed by atoms with Crippen molar-refractivity contribution in [2.45, 2.75) is 13.3 Å². The fourth-order valence-corrected chi connectivity index (χ4v) is 1.84. The average molecular weight is 199 g/mol. The molecule has 0 unspecified atom stereocenters. The Balaban J connectivity index is 2.76. The second-order valence-corrected chi connectivity index (χ2v) is 3.45. The lowest BCUT2D eigenvalue weighted by atomic mass is 10.2. The Bertz CT molecular complexity index is 343. The van der Waals surface area contributed by atoms with E-state index in [9.17, 15) is 4.79 Å². The van der Waals surface area contributed by atoms with Crippen molar-refractivity contribution in [2.24, 2.45) is 0 Å². The molecule has 3 heteroatoms. The van der Waals surface area contributed by atoms with Gasteiger partial charge < -0.3 is 0 Å². The number of carbonyl (C=O) groups excluding carboxylic acids is 1. The molecular formula is C9H7ClOS. The van der Waals surface area contributed by atoms with Gasteiger partial charge in [-0.2, -0.15) is 0 Å². The van der Waals surface area contributed by atoms with Crippen LogP contribution in [-0.4, -0.2) is 5.78 Å². The van der Waals surface area contributed by atoms with Gasteiger partial charge in [0.1, 0.15) is 0 Å². The molecule has 0 fully saturated rings. The van der Waals surface area contributed by atoms with Crippen molar-refractivity contribution in [1.29, 1.82) is 0 Å². The van der Waals surface area contributed by atoms with Crippen LogP contribution in [0.15, 0.2) is 11.4 Å². The van der Waals surface area contributed by atoms with Crippen LogP contribution in [0.3, 0.4) is 0 Å². The van der Waals surface area contributed by atoms with Gasteiger partial charge in [-0.1, -0.05) is 17.5 Å². The molecule has 0 bridgehead atoms. The highest BCUT2D eigenvalue weighted by atomic mass is 35.5. The maximum Gasteiger partial charge on any atom is 0.186 e. The Morgan fingerprint density at radius 1 is 1.75 bits per heavy atom. The predicted octanol–water partition coefficient (Wildman–Crippen LogP) is 3.00. The lowest BCUT2D eigenvalue weighted by Gasteiger charge is -1.90. The normalized spacial score (nSPS) is 8.83. The fraction of sp³-hybridized carbons (Fsp3) is 0.222. The summed E-state index contributed by atoms with van der Waals surface area (Å²) in [6, 6.07) is 1.72. The van der Waals surface area contributed by atoms with Crippen LogP contribution in [0, 0.1) is 11.8 Å². The number of hydrogen-bond acceptors (Lipinski definition) is 2. The highest BCUT2D eigenvalue weighted by Crippen LogP contribution is 2.22. The molecule has 1 aromatic heterocycles. The van der Waals surface area contributed by atoms with E-state index in [4.69, 9.17) is 11.6 Å². The average Bonchev–Trinajstić information content (AvgIpc) is 2.47. The molecule has 0 spiro atoms. The summed E-state index contributed by atoms with van der Waals surface area (Å²) in [5.41, 5.74) is 0. The van der Waals surface area contributed by atoms with E-state index < -0.39 is 0 Å². The molecule has 0 saturated heterocycles. The number of rotatable bonds is 2. The second-order valence-electron chi connectivity index (χ2n) is 2.12. The first kappa shape index (κ1) is 9.31. The van der Waals surface area contributed by atoms with Gasteiger partial charge in [-0.05, 0) is 18.4 Å². The van der Waals surface area contributed by atoms with Gasteiger partial charge >= 0.3 is 0 Å². The van der Waals surface area contributed by atoms with E-state index in [-0.39, 0.29) is 12.2 Å².